The lowest BCUT2D eigenvalue weighted by Crippen LogP contribution is -2.41. The van der Waals surface area contributed by atoms with Gasteiger partial charge >= 0.3 is 0 Å². The van der Waals surface area contributed by atoms with E-state index in [0.29, 0.717) is 19.5 Å². The number of nitrogens with one attached hydrogen (secondary N) is 2. The van der Waals surface area contributed by atoms with E-state index in [2.05, 4.69) is 15.7 Å². The number of aromatic nitrogens is 2. The third-order valence-electron chi connectivity index (χ3n) is 3.79. The highest BCUT2D eigenvalue weighted by Crippen LogP contribution is 2.08. The first-order chi connectivity index (χ1) is 10.7. The number of benzene rings is 1. The SMILES string of the molecule is O=C(NCCc1cnn(-c2ccccc2)c1)[C@@H]1C[C@H](O)CN1. The molecule has 1 aromatic carbocycles. The van der Waals surface area contributed by atoms with Crippen molar-refractivity contribution in [2.75, 3.05) is 13.1 Å². The molecule has 0 spiro atoms. The lowest BCUT2D eigenvalue weighted by molar-refractivity contribution is -0.122. The quantitative estimate of drug-likeness (QED) is 0.740. The van der Waals surface area contributed by atoms with Crippen molar-refractivity contribution in [3.05, 3.63) is 48.3 Å². The minimum atomic E-state index is -0.417. The summed E-state index contributed by atoms with van der Waals surface area (Å²) in [6.07, 6.45) is 4.58. The van der Waals surface area contributed by atoms with E-state index in [1.54, 1.807) is 0 Å². The summed E-state index contributed by atoms with van der Waals surface area (Å²) < 4.78 is 1.83. The maximum absolute atomic E-state index is 11.9. The molecule has 2 aromatic rings. The summed E-state index contributed by atoms with van der Waals surface area (Å²) in [4.78, 5) is 11.9. The number of hydrogen-bond acceptors (Lipinski definition) is 4. The zero-order valence-corrected chi connectivity index (χ0v) is 12.3. The second kappa shape index (κ2) is 6.72. The molecule has 3 N–H and O–H groups in total. The highest BCUT2D eigenvalue weighted by atomic mass is 16.3. The second-order valence-corrected chi connectivity index (χ2v) is 5.52. The van der Waals surface area contributed by atoms with Gasteiger partial charge in [0.2, 0.25) is 5.91 Å². The van der Waals surface area contributed by atoms with Crippen molar-refractivity contribution in [3.8, 4) is 5.69 Å². The number of carbonyl (C=O) groups is 1. The van der Waals surface area contributed by atoms with Gasteiger partial charge in [0.05, 0.1) is 24.0 Å². The predicted octanol–water partition coefficient (Wildman–Crippen LogP) is 0.254. The summed E-state index contributed by atoms with van der Waals surface area (Å²) in [7, 11) is 0. The fourth-order valence-electron chi connectivity index (χ4n) is 2.58. The van der Waals surface area contributed by atoms with Crippen molar-refractivity contribution in [2.45, 2.75) is 25.0 Å². The molecular weight excluding hydrogens is 280 g/mol. The first-order valence-electron chi connectivity index (χ1n) is 7.50. The highest BCUT2D eigenvalue weighted by molar-refractivity contribution is 5.82. The molecule has 0 aliphatic carbocycles. The Balaban J connectivity index is 1.48. The third kappa shape index (κ3) is 3.52. The van der Waals surface area contributed by atoms with Crippen LogP contribution in [0.4, 0.5) is 0 Å². The molecule has 0 unspecified atom stereocenters. The third-order valence-corrected chi connectivity index (χ3v) is 3.79. The number of β-amino-alcohol motifs (C(OH)–C–C–N with tert-alkyl or cyclic N) is 1. The molecule has 1 fully saturated rings. The van der Waals surface area contributed by atoms with Gasteiger partial charge in [-0.25, -0.2) is 4.68 Å². The molecule has 1 aliphatic heterocycles. The van der Waals surface area contributed by atoms with Crippen molar-refractivity contribution in [3.63, 3.8) is 0 Å². The lowest BCUT2D eigenvalue weighted by atomic mass is 10.2. The van der Waals surface area contributed by atoms with Crippen LogP contribution in [0.5, 0.6) is 0 Å². The number of para-hydroxylation sites is 1. The van der Waals surface area contributed by atoms with Crippen LogP contribution in [0, 0.1) is 0 Å². The van der Waals surface area contributed by atoms with Gasteiger partial charge < -0.3 is 15.7 Å². The molecule has 1 aromatic heterocycles. The zero-order valence-electron chi connectivity index (χ0n) is 12.3. The maximum Gasteiger partial charge on any atom is 0.237 e. The summed E-state index contributed by atoms with van der Waals surface area (Å²) in [6, 6.07) is 9.63. The van der Waals surface area contributed by atoms with Crippen LogP contribution in [-0.2, 0) is 11.2 Å². The molecule has 3 rings (SSSR count). The fourth-order valence-corrected chi connectivity index (χ4v) is 2.58. The molecular formula is C16H20N4O2. The molecule has 6 heteroatoms. The smallest absolute Gasteiger partial charge is 0.237 e. The largest absolute Gasteiger partial charge is 0.392 e. The van der Waals surface area contributed by atoms with Crippen LogP contribution < -0.4 is 10.6 Å². The number of aliphatic hydroxyl groups is 1. The van der Waals surface area contributed by atoms with Crippen molar-refractivity contribution in [1.82, 2.24) is 20.4 Å². The minimum absolute atomic E-state index is 0.0491. The van der Waals surface area contributed by atoms with Gasteiger partial charge in [0.25, 0.3) is 0 Å². The Bertz CT molecular complexity index is 626. The monoisotopic (exact) mass is 300 g/mol. The molecule has 1 aliphatic rings. The van der Waals surface area contributed by atoms with E-state index in [1.165, 1.54) is 0 Å². The van der Waals surface area contributed by atoms with E-state index in [9.17, 15) is 9.90 Å². The van der Waals surface area contributed by atoms with E-state index in [0.717, 1.165) is 17.7 Å². The van der Waals surface area contributed by atoms with E-state index in [4.69, 9.17) is 0 Å². The van der Waals surface area contributed by atoms with Gasteiger partial charge in [-0.1, -0.05) is 18.2 Å². The number of amides is 1. The van der Waals surface area contributed by atoms with Crippen LogP contribution >= 0.6 is 0 Å². The van der Waals surface area contributed by atoms with Gasteiger partial charge in [0, 0.05) is 19.3 Å². The average molecular weight is 300 g/mol. The van der Waals surface area contributed by atoms with Crippen LogP contribution in [-0.4, -0.2) is 46.0 Å². The number of nitrogens with zero attached hydrogens (tertiary/aromatic N) is 2. The number of hydrogen-bond donors (Lipinski definition) is 3. The molecule has 22 heavy (non-hydrogen) atoms. The molecule has 0 bridgehead atoms. The molecule has 2 heterocycles. The minimum Gasteiger partial charge on any atom is -0.392 e. The Morgan fingerprint density at radius 1 is 1.41 bits per heavy atom. The van der Waals surface area contributed by atoms with Gasteiger partial charge in [0.15, 0.2) is 0 Å². The van der Waals surface area contributed by atoms with Gasteiger partial charge in [0.1, 0.15) is 0 Å². The van der Waals surface area contributed by atoms with Crippen LogP contribution in [0.25, 0.3) is 5.69 Å². The van der Waals surface area contributed by atoms with Crippen molar-refractivity contribution >= 4 is 5.91 Å². The van der Waals surface area contributed by atoms with Crippen LogP contribution in [0.1, 0.15) is 12.0 Å². The number of carbonyl (C=O) groups excluding carboxylic acids is 1. The highest BCUT2D eigenvalue weighted by Gasteiger charge is 2.27. The molecule has 6 nitrogen and oxygen atoms in total. The van der Waals surface area contributed by atoms with E-state index in [-0.39, 0.29) is 11.9 Å². The molecule has 116 valence electrons. The van der Waals surface area contributed by atoms with Gasteiger partial charge in [-0.05, 0) is 30.5 Å². The van der Waals surface area contributed by atoms with E-state index in [1.807, 2.05) is 47.4 Å². The summed E-state index contributed by atoms with van der Waals surface area (Å²) in [5.74, 6) is -0.0491. The second-order valence-electron chi connectivity index (χ2n) is 5.52. The fraction of sp³-hybridized carbons (Fsp3) is 0.375. The van der Waals surface area contributed by atoms with Crippen molar-refractivity contribution in [1.29, 1.82) is 0 Å². The summed E-state index contributed by atoms with van der Waals surface area (Å²) in [5.41, 5.74) is 2.09. The lowest BCUT2D eigenvalue weighted by Gasteiger charge is -2.10. The zero-order chi connectivity index (χ0) is 15.4. The van der Waals surface area contributed by atoms with Gasteiger partial charge in [-0.15, -0.1) is 0 Å². The summed E-state index contributed by atoms with van der Waals surface area (Å²) in [5, 5.41) is 19.6. The van der Waals surface area contributed by atoms with Crippen LogP contribution in [0.15, 0.2) is 42.7 Å². The Labute approximate surface area is 129 Å². The Kier molecular flexibility index (Phi) is 4.50. The van der Waals surface area contributed by atoms with Crippen LogP contribution in [0.3, 0.4) is 0 Å². The van der Waals surface area contributed by atoms with Crippen LogP contribution in [0.2, 0.25) is 0 Å². The van der Waals surface area contributed by atoms with E-state index >= 15 is 0 Å². The average Bonchev–Trinajstić information content (AvgIpc) is 3.17. The maximum atomic E-state index is 11.9. The van der Waals surface area contributed by atoms with Crippen molar-refractivity contribution < 1.29 is 9.90 Å². The molecule has 2 atom stereocenters. The Morgan fingerprint density at radius 2 is 2.23 bits per heavy atom. The van der Waals surface area contributed by atoms with E-state index < -0.39 is 6.10 Å². The summed E-state index contributed by atoms with van der Waals surface area (Å²) in [6.45, 7) is 1.05. The Hall–Kier alpha value is -2.18. The topological polar surface area (TPSA) is 79.2 Å². The molecule has 0 radical (unpaired) electrons. The van der Waals surface area contributed by atoms with Gasteiger partial charge in [-0.3, -0.25) is 4.79 Å². The number of aliphatic hydroxyl groups excluding tert-OH is 1. The molecule has 0 saturated carbocycles. The summed E-state index contributed by atoms with van der Waals surface area (Å²) >= 11 is 0. The van der Waals surface area contributed by atoms with Gasteiger partial charge in [-0.2, -0.15) is 5.10 Å². The predicted molar refractivity (Wildman–Crippen MR) is 82.7 cm³/mol. The van der Waals surface area contributed by atoms with Crippen molar-refractivity contribution in [2.24, 2.45) is 0 Å². The number of rotatable bonds is 5. The molecule has 1 amide bonds. The first kappa shape index (κ1) is 14.7. The standard InChI is InChI=1S/C16H20N4O2/c21-14-8-15(18-10-14)16(22)17-7-6-12-9-19-20(11-12)13-4-2-1-3-5-13/h1-5,9,11,14-15,18,21H,6-8,10H2,(H,17,22)/t14-,15-/m0/s1. The normalized spacial score (nSPS) is 21.0. The first-order valence-corrected chi connectivity index (χ1v) is 7.50. The Morgan fingerprint density at radius 3 is 2.95 bits per heavy atom. The molecule has 1 saturated heterocycles.